The van der Waals surface area contributed by atoms with Gasteiger partial charge >= 0.3 is 0 Å². The molecule has 0 amide bonds. The number of nitrogens with one attached hydrogen (secondary N) is 1. The molecule has 1 nitrogen and oxygen atoms in total. The van der Waals surface area contributed by atoms with Crippen LogP contribution in [0.3, 0.4) is 0 Å². The van der Waals surface area contributed by atoms with E-state index in [2.05, 4.69) is 63.9 Å². The summed E-state index contributed by atoms with van der Waals surface area (Å²) in [6, 6.07) is 14.7. The smallest absolute Gasteiger partial charge is 0.0465 e. The van der Waals surface area contributed by atoms with Crippen molar-refractivity contribution >= 4 is 42.2 Å². The van der Waals surface area contributed by atoms with E-state index in [4.69, 9.17) is 0 Å². The quantitative estimate of drug-likeness (QED) is 0.661. The van der Waals surface area contributed by atoms with E-state index in [9.17, 15) is 0 Å². The van der Waals surface area contributed by atoms with Crippen LogP contribution in [0.15, 0.2) is 49.0 Å². The van der Waals surface area contributed by atoms with E-state index in [1.807, 2.05) is 6.07 Å². The van der Waals surface area contributed by atoms with Gasteiger partial charge in [0.05, 0.1) is 0 Å². The molecule has 0 atom stereocenters. The Morgan fingerprint density at radius 2 is 1.75 bits per heavy atom. The zero-order valence-corrected chi connectivity index (χ0v) is 10.2. The van der Waals surface area contributed by atoms with Gasteiger partial charge in [-0.3, -0.25) is 0 Å². The minimum atomic E-state index is 0.916. The summed E-state index contributed by atoms with van der Waals surface area (Å²) in [5.41, 5.74) is 3.46. The fourth-order valence-electron chi connectivity index (χ4n) is 2.02. The summed E-state index contributed by atoms with van der Waals surface area (Å²) in [6.45, 7) is 3.90. The van der Waals surface area contributed by atoms with Gasteiger partial charge in [-0.05, 0) is 23.8 Å². The van der Waals surface area contributed by atoms with Crippen molar-refractivity contribution < 1.29 is 0 Å². The lowest BCUT2D eigenvalue weighted by molar-refractivity contribution is 1.54. The van der Waals surface area contributed by atoms with Crippen molar-refractivity contribution in [2.24, 2.45) is 0 Å². The first-order valence-corrected chi connectivity index (χ1v) is 5.90. The van der Waals surface area contributed by atoms with Crippen LogP contribution >= 0.6 is 15.9 Å². The number of aromatic amines is 1. The molecule has 0 spiro atoms. The van der Waals surface area contributed by atoms with Crippen LogP contribution in [-0.4, -0.2) is 4.98 Å². The second kappa shape index (κ2) is 3.49. The Bertz CT molecular complexity index is 694. The van der Waals surface area contributed by atoms with Crippen LogP contribution in [0.1, 0.15) is 5.56 Å². The number of aromatic nitrogens is 1. The lowest BCUT2D eigenvalue weighted by Gasteiger charge is -1.98. The van der Waals surface area contributed by atoms with Gasteiger partial charge in [0.1, 0.15) is 0 Å². The Morgan fingerprint density at radius 1 is 1.00 bits per heavy atom. The van der Waals surface area contributed by atoms with Gasteiger partial charge in [0, 0.05) is 26.3 Å². The summed E-state index contributed by atoms with van der Waals surface area (Å²) >= 11 is 3.42. The summed E-state index contributed by atoms with van der Waals surface area (Å²) in [5, 5.41) is 2.50. The Balaban J connectivity index is 2.44. The van der Waals surface area contributed by atoms with Gasteiger partial charge in [-0.1, -0.05) is 46.8 Å². The predicted octanol–water partition coefficient (Wildman–Crippen LogP) is 4.69. The minimum absolute atomic E-state index is 0.916. The molecule has 1 N–H and O–H groups in total. The molecule has 0 bridgehead atoms. The molecule has 16 heavy (non-hydrogen) atoms. The standard InChI is InChI=1S/C14H10BrN/c1-9(15)10-6-7-14-12(8-10)11-4-2-3-5-13(11)16-14/h2-8,16H,1H2. The van der Waals surface area contributed by atoms with Gasteiger partial charge in [-0.2, -0.15) is 0 Å². The third-order valence-corrected chi connectivity index (χ3v) is 3.28. The van der Waals surface area contributed by atoms with Gasteiger partial charge in [0.2, 0.25) is 0 Å². The van der Waals surface area contributed by atoms with Gasteiger partial charge < -0.3 is 4.98 Å². The molecule has 2 heteroatoms. The van der Waals surface area contributed by atoms with Crippen LogP contribution in [0.2, 0.25) is 0 Å². The first-order chi connectivity index (χ1) is 7.75. The Hall–Kier alpha value is -1.54. The molecule has 0 unspecified atom stereocenters. The molecular weight excluding hydrogens is 262 g/mol. The maximum atomic E-state index is 3.90. The van der Waals surface area contributed by atoms with Crippen LogP contribution in [0, 0.1) is 0 Å². The summed E-state index contributed by atoms with van der Waals surface area (Å²) in [4.78, 5) is 3.40. The second-order valence-corrected chi connectivity index (χ2v) is 4.79. The van der Waals surface area contributed by atoms with Gasteiger partial charge in [0.25, 0.3) is 0 Å². The Kier molecular flexibility index (Phi) is 2.11. The molecule has 2 aromatic carbocycles. The van der Waals surface area contributed by atoms with Crippen LogP contribution in [-0.2, 0) is 0 Å². The largest absolute Gasteiger partial charge is 0.355 e. The first kappa shape index (κ1) is 9.67. The average Bonchev–Trinajstić information content (AvgIpc) is 2.66. The van der Waals surface area contributed by atoms with Crippen LogP contribution in [0.25, 0.3) is 26.3 Å². The summed E-state index contributed by atoms with van der Waals surface area (Å²) < 4.78 is 0.916. The molecule has 3 rings (SSSR count). The van der Waals surface area contributed by atoms with E-state index in [1.165, 1.54) is 21.8 Å². The van der Waals surface area contributed by atoms with Gasteiger partial charge in [0.15, 0.2) is 0 Å². The van der Waals surface area contributed by atoms with Crippen molar-refractivity contribution in [3.05, 3.63) is 54.6 Å². The predicted molar refractivity (Wildman–Crippen MR) is 73.8 cm³/mol. The van der Waals surface area contributed by atoms with Gasteiger partial charge in [-0.15, -0.1) is 0 Å². The van der Waals surface area contributed by atoms with E-state index < -0.39 is 0 Å². The molecule has 0 aliphatic carbocycles. The molecule has 0 saturated carbocycles. The fourth-order valence-corrected chi connectivity index (χ4v) is 2.26. The lowest BCUT2D eigenvalue weighted by Crippen LogP contribution is -1.74. The summed E-state index contributed by atoms with van der Waals surface area (Å²) in [5.74, 6) is 0. The molecule has 0 aliphatic rings. The summed E-state index contributed by atoms with van der Waals surface area (Å²) in [7, 11) is 0. The molecule has 1 aromatic heterocycles. The molecule has 1 heterocycles. The van der Waals surface area contributed by atoms with E-state index in [1.54, 1.807) is 0 Å². The van der Waals surface area contributed by atoms with Crippen molar-refractivity contribution in [1.82, 2.24) is 4.98 Å². The lowest BCUT2D eigenvalue weighted by atomic mass is 10.1. The van der Waals surface area contributed by atoms with E-state index in [-0.39, 0.29) is 0 Å². The molecule has 0 radical (unpaired) electrons. The number of halogens is 1. The third-order valence-electron chi connectivity index (χ3n) is 2.82. The average molecular weight is 272 g/mol. The SMILES string of the molecule is C=C(Br)c1ccc2[nH]c3ccccc3c2c1. The normalized spacial score (nSPS) is 11.1. The number of benzene rings is 2. The van der Waals surface area contributed by atoms with Crippen molar-refractivity contribution in [2.75, 3.05) is 0 Å². The number of fused-ring (bicyclic) bond motifs is 3. The number of rotatable bonds is 1. The minimum Gasteiger partial charge on any atom is -0.355 e. The van der Waals surface area contributed by atoms with Gasteiger partial charge in [-0.25, -0.2) is 0 Å². The molecule has 3 aromatic rings. The van der Waals surface area contributed by atoms with Crippen molar-refractivity contribution in [1.29, 1.82) is 0 Å². The summed E-state index contributed by atoms with van der Waals surface area (Å²) in [6.07, 6.45) is 0. The van der Waals surface area contributed by atoms with Crippen LogP contribution in [0.5, 0.6) is 0 Å². The fraction of sp³-hybridized carbons (Fsp3) is 0. The highest BCUT2D eigenvalue weighted by Gasteiger charge is 2.04. The maximum absolute atomic E-state index is 3.90. The molecule has 78 valence electrons. The topological polar surface area (TPSA) is 15.8 Å². The second-order valence-electron chi connectivity index (χ2n) is 3.84. The van der Waals surface area contributed by atoms with E-state index >= 15 is 0 Å². The van der Waals surface area contributed by atoms with Crippen LogP contribution < -0.4 is 0 Å². The monoisotopic (exact) mass is 271 g/mol. The Labute approximate surface area is 102 Å². The van der Waals surface area contributed by atoms with Crippen molar-refractivity contribution in [3.8, 4) is 0 Å². The molecule has 0 fully saturated rings. The van der Waals surface area contributed by atoms with E-state index in [0.717, 1.165) is 10.0 Å². The number of hydrogen-bond donors (Lipinski definition) is 1. The highest BCUT2D eigenvalue weighted by atomic mass is 79.9. The zero-order valence-electron chi connectivity index (χ0n) is 8.63. The molecule has 0 saturated heterocycles. The molecule has 0 aliphatic heterocycles. The van der Waals surface area contributed by atoms with E-state index in [0.29, 0.717) is 0 Å². The maximum Gasteiger partial charge on any atom is 0.0465 e. The Morgan fingerprint density at radius 3 is 2.56 bits per heavy atom. The highest BCUT2D eigenvalue weighted by Crippen LogP contribution is 2.29. The number of H-pyrrole nitrogens is 1. The first-order valence-electron chi connectivity index (χ1n) is 5.11. The number of para-hydroxylation sites is 1. The zero-order chi connectivity index (χ0) is 11.1. The van der Waals surface area contributed by atoms with Crippen molar-refractivity contribution in [2.45, 2.75) is 0 Å². The highest BCUT2D eigenvalue weighted by molar-refractivity contribution is 9.15. The van der Waals surface area contributed by atoms with Crippen LogP contribution in [0.4, 0.5) is 0 Å². The van der Waals surface area contributed by atoms with Crippen molar-refractivity contribution in [3.63, 3.8) is 0 Å². The molecular formula is C14H10BrN. The number of hydrogen-bond acceptors (Lipinski definition) is 0. The third kappa shape index (κ3) is 1.38.